The number of likely N-dealkylation sites (tertiary alicyclic amines) is 1. The van der Waals surface area contributed by atoms with E-state index in [1.54, 1.807) is 29.5 Å². The molecule has 1 aromatic heterocycles. The third kappa shape index (κ3) is 4.94. The molecule has 0 aliphatic carbocycles. The van der Waals surface area contributed by atoms with Crippen molar-refractivity contribution < 1.29 is 18.1 Å². The van der Waals surface area contributed by atoms with Gasteiger partial charge in [0.25, 0.3) is 5.91 Å². The Morgan fingerprint density at radius 1 is 1.17 bits per heavy atom. The molecule has 30 heavy (non-hydrogen) atoms. The molecular weight excluding hydrogens is 418 g/mol. The Labute approximate surface area is 183 Å². The van der Waals surface area contributed by atoms with Crippen molar-refractivity contribution in [1.82, 2.24) is 9.62 Å². The molecule has 0 bridgehead atoms. The molecule has 1 aromatic carbocycles. The van der Waals surface area contributed by atoms with Crippen molar-refractivity contribution >= 4 is 27.3 Å². The van der Waals surface area contributed by atoms with Crippen LogP contribution in [0.1, 0.15) is 54.9 Å². The van der Waals surface area contributed by atoms with Crippen molar-refractivity contribution in [2.45, 2.75) is 50.6 Å². The van der Waals surface area contributed by atoms with E-state index < -0.39 is 10.0 Å². The number of carbonyl (C=O) groups is 1. The third-order valence-electron chi connectivity index (χ3n) is 5.83. The number of rotatable bonds is 9. The highest BCUT2D eigenvalue weighted by Crippen LogP contribution is 2.22. The average Bonchev–Trinajstić information content (AvgIpc) is 3.44. The van der Waals surface area contributed by atoms with Crippen LogP contribution in [0.3, 0.4) is 0 Å². The summed E-state index contributed by atoms with van der Waals surface area (Å²) >= 11 is 1.73. The van der Waals surface area contributed by atoms with Crippen molar-refractivity contribution in [3.8, 4) is 0 Å². The Hall–Kier alpha value is -1.74. The fourth-order valence-corrected chi connectivity index (χ4v) is 6.79. The molecular formula is C22H32N3O3S2+. The second-order valence-electron chi connectivity index (χ2n) is 7.74. The minimum absolute atomic E-state index is 0.0627. The minimum Gasteiger partial charge on any atom is -0.343 e. The monoisotopic (exact) mass is 450 g/mol. The van der Waals surface area contributed by atoms with E-state index in [0.717, 1.165) is 13.1 Å². The molecule has 1 fully saturated rings. The summed E-state index contributed by atoms with van der Waals surface area (Å²) in [5.41, 5.74) is 0.372. The fourth-order valence-electron chi connectivity index (χ4n) is 4.29. The summed E-state index contributed by atoms with van der Waals surface area (Å²) in [5, 5.41) is 5.21. The van der Waals surface area contributed by atoms with Gasteiger partial charge < -0.3 is 10.2 Å². The van der Waals surface area contributed by atoms with Crippen LogP contribution in [-0.4, -0.2) is 50.9 Å². The quantitative estimate of drug-likeness (QED) is 0.616. The summed E-state index contributed by atoms with van der Waals surface area (Å²) in [6, 6.07) is 10.7. The van der Waals surface area contributed by atoms with E-state index in [1.165, 1.54) is 33.0 Å². The van der Waals surface area contributed by atoms with Crippen molar-refractivity contribution in [3.63, 3.8) is 0 Å². The first-order chi connectivity index (χ1) is 14.4. The van der Waals surface area contributed by atoms with E-state index in [0.29, 0.717) is 18.7 Å². The second kappa shape index (κ2) is 10.0. The van der Waals surface area contributed by atoms with Crippen LogP contribution in [0, 0.1) is 0 Å². The molecule has 2 heterocycles. The van der Waals surface area contributed by atoms with Gasteiger partial charge in [0, 0.05) is 31.5 Å². The number of quaternary nitrogens is 1. The maximum Gasteiger partial charge on any atom is 0.251 e. The molecule has 1 amide bonds. The zero-order valence-electron chi connectivity index (χ0n) is 17.9. The molecule has 0 saturated carbocycles. The maximum atomic E-state index is 13.0. The zero-order chi connectivity index (χ0) is 21.7. The highest BCUT2D eigenvalue weighted by Gasteiger charge is 2.34. The Kier molecular flexibility index (Phi) is 7.68. The molecule has 8 heteroatoms. The van der Waals surface area contributed by atoms with Gasteiger partial charge in [-0.2, -0.15) is 4.31 Å². The molecule has 1 aliphatic rings. The largest absolute Gasteiger partial charge is 0.343 e. The lowest BCUT2D eigenvalue weighted by Crippen LogP contribution is -3.11. The molecule has 164 valence electrons. The molecule has 2 aromatic rings. The molecule has 1 saturated heterocycles. The molecule has 2 N–H and O–H groups in total. The van der Waals surface area contributed by atoms with Gasteiger partial charge in [-0.25, -0.2) is 8.42 Å². The van der Waals surface area contributed by atoms with Crippen LogP contribution in [-0.2, 0) is 10.0 Å². The Morgan fingerprint density at radius 2 is 1.87 bits per heavy atom. The van der Waals surface area contributed by atoms with Crippen LogP contribution in [0.15, 0.2) is 46.7 Å². The van der Waals surface area contributed by atoms with Crippen molar-refractivity contribution in [2.24, 2.45) is 0 Å². The molecule has 3 rings (SSSR count). The number of thiophene rings is 1. The number of sulfonamides is 1. The smallest absolute Gasteiger partial charge is 0.251 e. The first-order valence-corrected chi connectivity index (χ1v) is 13.0. The number of nitrogens with one attached hydrogen (secondary N) is 2. The van der Waals surface area contributed by atoms with E-state index in [2.05, 4.69) is 22.8 Å². The Morgan fingerprint density at radius 3 is 2.47 bits per heavy atom. The van der Waals surface area contributed by atoms with Gasteiger partial charge in [-0.1, -0.05) is 26.0 Å². The summed E-state index contributed by atoms with van der Waals surface area (Å²) in [6.45, 7) is 8.68. The van der Waals surface area contributed by atoms with Gasteiger partial charge in [0.1, 0.15) is 6.04 Å². The van der Waals surface area contributed by atoms with Crippen molar-refractivity contribution in [1.29, 1.82) is 0 Å². The topological polar surface area (TPSA) is 70.9 Å². The van der Waals surface area contributed by atoms with E-state index in [1.807, 2.05) is 20.8 Å². The summed E-state index contributed by atoms with van der Waals surface area (Å²) in [5.74, 6) is -0.237. The van der Waals surface area contributed by atoms with Crippen LogP contribution in [0.25, 0.3) is 0 Å². The lowest BCUT2D eigenvalue weighted by molar-refractivity contribution is -0.920. The summed E-state index contributed by atoms with van der Waals surface area (Å²) in [6.07, 6.45) is 2.42. The fraction of sp³-hybridized carbons (Fsp3) is 0.500. The molecule has 6 nitrogen and oxygen atoms in total. The van der Waals surface area contributed by atoms with Crippen molar-refractivity contribution in [2.75, 3.05) is 26.2 Å². The number of hydrogen-bond donors (Lipinski definition) is 2. The molecule has 0 radical (unpaired) electrons. The van der Waals surface area contributed by atoms with Gasteiger partial charge in [0.15, 0.2) is 0 Å². The van der Waals surface area contributed by atoms with E-state index in [4.69, 9.17) is 0 Å². The lowest BCUT2D eigenvalue weighted by atomic mass is 10.1. The number of benzene rings is 1. The first kappa shape index (κ1) is 22.9. The van der Waals surface area contributed by atoms with Crippen LogP contribution >= 0.6 is 11.3 Å². The predicted molar refractivity (Wildman–Crippen MR) is 120 cm³/mol. The van der Waals surface area contributed by atoms with Crippen LogP contribution in [0.5, 0.6) is 0 Å². The summed E-state index contributed by atoms with van der Waals surface area (Å²) < 4.78 is 27.0. The highest BCUT2D eigenvalue weighted by atomic mass is 32.2. The number of nitrogens with zero attached hydrogens (tertiary/aromatic N) is 1. The predicted octanol–water partition coefficient (Wildman–Crippen LogP) is 2.32. The number of hydrogen-bond acceptors (Lipinski definition) is 4. The van der Waals surface area contributed by atoms with Gasteiger partial charge >= 0.3 is 0 Å². The SMILES string of the molecule is CCN(CC)S(=O)(=O)c1cccc(C(=O)N[C@H](C)[C@@H](c2cccs2)[NH+]2CCCC2)c1. The molecule has 0 spiro atoms. The van der Waals surface area contributed by atoms with Gasteiger partial charge in [0.2, 0.25) is 10.0 Å². The standard InChI is InChI=1S/C22H31N3O3S2/c1-4-25(5-2)30(27,28)19-11-8-10-18(16-19)22(26)23-17(3)21(20-12-9-15-29-20)24-13-6-7-14-24/h8-12,15-17,21H,4-7,13-14H2,1-3H3,(H,23,26)/p+1/t17-,21+/m1/s1. The number of carbonyl (C=O) groups excluding carboxylic acids is 1. The van der Waals surface area contributed by atoms with Crippen LogP contribution in [0.2, 0.25) is 0 Å². The number of amides is 1. The van der Waals surface area contributed by atoms with Crippen LogP contribution < -0.4 is 10.2 Å². The third-order valence-corrected chi connectivity index (χ3v) is 8.83. The normalized spacial score (nSPS) is 17.2. The lowest BCUT2D eigenvalue weighted by Gasteiger charge is -2.29. The maximum absolute atomic E-state index is 13.0. The highest BCUT2D eigenvalue weighted by molar-refractivity contribution is 7.89. The van der Waals surface area contributed by atoms with Gasteiger partial charge in [0.05, 0.1) is 28.9 Å². The minimum atomic E-state index is -3.60. The van der Waals surface area contributed by atoms with E-state index in [-0.39, 0.29) is 22.9 Å². The van der Waals surface area contributed by atoms with Crippen LogP contribution in [0.4, 0.5) is 0 Å². The van der Waals surface area contributed by atoms with E-state index in [9.17, 15) is 13.2 Å². The van der Waals surface area contributed by atoms with Gasteiger partial charge in [-0.3, -0.25) is 4.79 Å². The van der Waals surface area contributed by atoms with Gasteiger partial charge in [-0.15, -0.1) is 11.3 Å². The zero-order valence-corrected chi connectivity index (χ0v) is 19.6. The first-order valence-electron chi connectivity index (χ1n) is 10.7. The molecule has 2 atom stereocenters. The van der Waals surface area contributed by atoms with E-state index >= 15 is 0 Å². The van der Waals surface area contributed by atoms with Gasteiger partial charge in [-0.05, 0) is 36.6 Å². The molecule has 0 unspecified atom stereocenters. The average molecular weight is 451 g/mol. The Balaban J connectivity index is 1.80. The Bertz CT molecular complexity index is 934. The summed E-state index contributed by atoms with van der Waals surface area (Å²) in [7, 11) is -3.60. The summed E-state index contributed by atoms with van der Waals surface area (Å²) in [4.78, 5) is 15.9. The molecule has 1 aliphatic heterocycles. The van der Waals surface area contributed by atoms with Crippen molar-refractivity contribution in [3.05, 3.63) is 52.2 Å². The second-order valence-corrected chi connectivity index (χ2v) is 10.7.